The summed E-state index contributed by atoms with van der Waals surface area (Å²) in [5.41, 5.74) is 0.847. The molecule has 0 saturated carbocycles. The van der Waals surface area contributed by atoms with Crippen LogP contribution in [0.2, 0.25) is 5.02 Å². The van der Waals surface area contributed by atoms with Crippen molar-refractivity contribution in [2.75, 3.05) is 29.9 Å². The zero-order chi connectivity index (χ0) is 23.1. The number of halogens is 1. The molecule has 3 rings (SSSR count). The molecule has 9 heteroatoms. The number of methoxy groups -OCH3 is 1. The maximum absolute atomic E-state index is 13.4. The number of hydrogen-bond donors (Lipinski definition) is 1. The van der Waals surface area contributed by atoms with E-state index in [4.69, 9.17) is 21.1 Å². The quantitative estimate of drug-likeness (QED) is 0.490. The van der Waals surface area contributed by atoms with Crippen molar-refractivity contribution in [1.29, 1.82) is 0 Å². The second-order valence-corrected chi connectivity index (χ2v) is 8.97. The van der Waals surface area contributed by atoms with Gasteiger partial charge in [0, 0.05) is 10.7 Å². The van der Waals surface area contributed by atoms with Crippen LogP contribution in [0.5, 0.6) is 11.5 Å². The van der Waals surface area contributed by atoms with Gasteiger partial charge in [0.05, 0.1) is 24.3 Å². The van der Waals surface area contributed by atoms with Crippen LogP contribution in [0.15, 0.2) is 77.7 Å². The average molecular weight is 475 g/mol. The third-order valence-corrected chi connectivity index (χ3v) is 6.54. The lowest BCUT2D eigenvalue weighted by molar-refractivity contribution is -0.114. The molecule has 0 fully saturated rings. The van der Waals surface area contributed by atoms with Crippen molar-refractivity contribution in [3.8, 4) is 11.5 Å². The Morgan fingerprint density at radius 2 is 1.53 bits per heavy atom. The molecule has 0 bridgehead atoms. The van der Waals surface area contributed by atoms with E-state index < -0.39 is 22.5 Å². The highest BCUT2D eigenvalue weighted by atomic mass is 35.5. The summed E-state index contributed by atoms with van der Waals surface area (Å²) in [6, 6.07) is 19.0. The van der Waals surface area contributed by atoms with Gasteiger partial charge in [0.1, 0.15) is 18.0 Å². The van der Waals surface area contributed by atoms with Crippen LogP contribution in [0.3, 0.4) is 0 Å². The molecular formula is C23H23ClN2O5S. The molecule has 0 aliphatic carbocycles. The Bertz CT molecular complexity index is 1150. The average Bonchev–Trinajstić information content (AvgIpc) is 2.79. The van der Waals surface area contributed by atoms with Crippen LogP contribution in [-0.4, -0.2) is 34.6 Å². The predicted molar refractivity (Wildman–Crippen MR) is 125 cm³/mol. The molecule has 3 aromatic rings. The first-order valence-corrected chi connectivity index (χ1v) is 11.6. The van der Waals surface area contributed by atoms with Gasteiger partial charge in [-0.3, -0.25) is 9.10 Å². The van der Waals surface area contributed by atoms with Crippen molar-refractivity contribution in [1.82, 2.24) is 0 Å². The van der Waals surface area contributed by atoms with E-state index in [0.29, 0.717) is 34.5 Å². The molecule has 0 heterocycles. The lowest BCUT2D eigenvalue weighted by Crippen LogP contribution is -2.38. The summed E-state index contributed by atoms with van der Waals surface area (Å²) in [5.74, 6) is 0.744. The van der Waals surface area contributed by atoms with Crippen LogP contribution in [0.25, 0.3) is 0 Å². The van der Waals surface area contributed by atoms with Crippen LogP contribution >= 0.6 is 11.6 Å². The van der Waals surface area contributed by atoms with Gasteiger partial charge in [-0.05, 0) is 79.7 Å². The number of anilines is 2. The number of sulfonamides is 1. The minimum absolute atomic E-state index is 0.0213. The molecular weight excluding hydrogens is 452 g/mol. The number of carbonyl (C=O) groups is 1. The molecule has 3 aromatic carbocycles. The Hall–Kier alpha value is -3.23. The molecule has 0 radical (unpaired) electrons. The fraction of sp³-hybridized carbons (Fsp3) is 0.174. The van der Waals surface area contributed by atoms with Gasteiger partial charge in [0.15, 0.2) is 0 Å². The number of nitrogens with one attached hydrogen (secondary N) is 1. The minimum atomic E-state index is -4.04. The highest BCUT2D eigenvalue weighted by molar-refractivity contribution is 7.92. The minimum Gasteiger partial charge on any atom is -0.497 e. The summed E-state index contributed by atoms with van der Waals surface area (Å²) in [5, 5.41) is 3.12. The van der Waals surface area contributed by atoms with E-state index in [-0.39, 0.29) is 4.90 Å². The summed E-state index contributed by atoms with van der Waals surface area (Å²) in [7, 11) is -2.50. The van der Waals surface area contributed by atoms with Crippen molar-refractivity contribution in [3.05, 3.63) is 77.8 Å². The van der Waals surface area contributed by atoms with Crippen LogP contribution in [0.4, 0.5) is 11.4 Å². The highest BCUT2D eigenvalue weighted by Gasteiger charge is 2.27. The Morgan fingerprint density at radius 1 is 0.938 bits per heavy atom. The van der Waals surface area contributed by atoms with Gasteiger partial charge in [-0.2, -0.15) is 0 Å². The number of carbonyl (C=O) groups excluding carboxylic acids is 1. The molecule has 32 heavy (non-hydrogen) atoms. The lowest BCUT2D eigenvalue weighted by atomic mass is 10.3. The van der Waals surface area contributed by atoms with E-state index in [2.05, 4.69) is 5.32 Å². The van der Waals surface area contributed by atoms with Gasteiger partial charge in [0.25, 0.3) is 10.0 Å². The first-order chi connectivity index (χ1) is 15.3. The van der Waals surface area contributed by atoms with E-state index in [9.17, 15) is 13.2 Å². The Balaban J connectivity index is 1.90. The number of nitrogens with zero attached hydrogens (tertiary/aromatic N) is 1. The number of rotatable bonds is 9. The first-order valence-electron chi connectivity index (χ1n) is 9.78. The third kappa shape index (κ3) is 5.72. The van der Waals surface area contributed by atoms with Crippen molar-refractivity contribution >= 4 is 38.9 Å². The van der Waals surface area contributed by atoms with Gasteiger partial charge >= 0.3 is 0 Å². The van der Waals surface area contributed by atoms with Crippen LogP contribution < -0.4 is 19.1 Å². The van der Waals surface area contributed by atoms with Crippen LogP contribution in [0, 0.1) is 0 Å². The molecule has 0 aromatic heterocycles. The van der Waals surface area contributed by atoms with Gasteiger partial charge in [-0.15, -0.1) is 0 Å². The van der Waals surface area contributed by atoms with E-state index >= 15 is 0 Å². The van der Waals surface area contributed by atoms with E-state index in [1.165, 1.54) is 24.3 Å². The number of ether oxygens (including phenoxy) is 2. The smallest absolute Gasteiger partial charge is 0.264 e. The van der Waals surface area contributed by atoms with E-state index in [0.717, 1.165) is 4.31 Å². The van der Waals surface area contributed by atoms with Gasteiger partial charge in [-0.1, -0.05) is 11.6 Å². The summed E-state index contributed by atoms with van der Waals surface area (Å²) >= 11 is 5.91. The number of hydrogen-bond acceptors (Lipinski definition) is 5. The zero-order valence-corrected chi connectivity index (χ0v) is 19.2. The molecule has 168 valence electrons. The molecule has 0 spiro atoms. The Morgan fingerprint density at radius 3 is 2.09 bits per heavy atom. The van der Waals surface area contributed by atoms with Gasteiger partial charge in [-0.25, -0.2) is 8.42 Å². The fourth-order valence-electron chi connectivity index (χ4n) is 2.93. The second kappa shape index (κ2) is 10.4. The van der Waals surface area contributed by atoms with Crippen molar-refractivity contribution < 1.29 is 22.7 Å². The second-order valence-electron chi connectivity index (χ2n) is 6.67. The van der Waals surface area contributed by atoms with Gasteiger partial charge < -0.3 is 14.8 Å². The number of amides is 1. The van der Waals surface area contributed by atoms with E-state index in [1.807, 2.05) is 6.92 Å². The Kier molecular flexibility index (Phi) is 7.61. The molecule has 0 saturated heterocycles. The molecule has 7 nitrogen and oxygen atoms in total. The fourth-order valence-corrected chi connectivity index (χ4v) is 4.48. The maximum Gasteiger partial charge on any atom is 0.264 e. The monoisotopic (exact) mass is 474 g/mol. The summed E-state index contributed by atoms with van der Waals surface area (Å²) in [6.45, 7) is 1.91. The number of benzene rings is 3. The molecule has 0 unspecified atom stereocenters. The summed E-state index contributed by atoms with van der Waals surface area (Å²) in [4.78, 5) is 12.8. The van der Waals surface area contributed by atoms with Crippen LogP contribution in [0.1, 0.15) is 6.92 Å². The van der Waals surface area contributed by atoms with Crippen molar-refractivity contribution in [3.63, 3.8) is 0 Å². The molecule has 0 aliphatic heterocycles. The molecule has 1 amide bonds. The molecule has 0 aliphatic rings. The first kappa shape index (κ1) is 23.4. The van der Waals surface area contributed by atoms with Gasteiger partial charge in [0.2, 0.25) is 5.91 Å². The largest absolute Gasteiger partial charge is 0.497 e. The maximum atomic E-state index is 13.4. The topological polar surface area (TPSA) is 84.9 Å². The normalized spacial score (nSPS) is 11.0. The highest BCUT2D eigenvalue weighted by Crippen LogP contribution is 2.27. The third-order valence-electron chi connectivity index (χ3n) is 4.50. The van der Waals surface area contributed by atoms with Crippen LogP contribution in [-0.2, 0) is 14.8 Å². The predicted octanol–water partition coefficient (Wildman–Crippen LogP) is 4.58. The summed E-state index contributed by atoms with van der Waals surface area (Å²) < 4.78 is 38.3. The molecule has 0 atom stereocenters. The zero-order valence-electron chi connectivity index (χ0n) is 17.6. The van der Waals surface area contributed by atoms with Crippen molar-refractivity contribution in [2.24, 2.45) is 0 Å². The lowest BCUT2D eigenvalue weighted by Gasteiger charge is -2.24. The SMILES string of the molecule is CCOc1ccc(N(CC(=O)Nc2ccc(OC)cc2)S(=O)(=O)c2ccc(Cl)cc2)cc1. The standard InChI is InChI=1S/C23H23ClN2O5S/c1-3-31-21-12-8-19(9-13-21)26(32(28,29)22-14-4-17(24)5-15-22)16-23(27)25-18-6-10-20(30-2)11-7-18/h4-15H,3,16H2,1-2H3,(H,25,27). The van der Waals surface area contributed by atoms with Crippen molar-refractivity contribution in [2.45, 2.75) is 11.8 Å². The van der Waals surface area contributed by atoms with E-state index in [1.54, 1.807) is 55.6 Å². The Labute approximate surface area is 192 Å². The summed E-state index contributed by atoms with van der Waals surface area (Å²) in [6.07, 6.45) is 0. The molecule has 1 N–H and O–H groups in total.